The number of anilines is 2. The lowest BCUT2D eigenvalue weighted by atomic mass is 9.96. The molecule has 0 amide bonds. The van der Waals surface area contributed by atoms with Crippen molar-refractivity contribution in [2.75, 3.05) is 4.90 Å². The molecule has 206 valence electrons. The number of para-hydroxylation sites is 2. The maximum absolute atomic E-state index is 4.01. The van der Waals surface area contributed by atoms with Gasteiger partial charge in [-0.05, 0) is 75.5 Å². The van der Waals surface area contributed by atoms with Crippen molar-refractivity contribution in [2.45, 2.75) is 0 Å². The summed E-state index contributed by atoms with van der Waals surface area (Å²) in [6.07, 6.45) is 8.25. The van der Waals surface area contributed by atoms with Crippen LogP contribution in [0.25, 0.3) is 49.3 Å². The van der Waals surface area contributed by atoms with Crippen LogP contribution in [0.2, 0.25) is 0 Å². The van der Waals surface area contributed by atoms with Gasteiger partial charge >= 0.3 is 0 Å². The molecule has 0 radical (unpaired) electrons. The molecule has 0 atom stereocenters. The fraction of sp³-hybridized carbons (Fsp3) is 0.0244. The van der Waals surface area contributed by atoms with Gasteiger partial charge in [0.25, 0.3) is 0 Å². The fourth-order valence-electron chi connectivity index (χ4n) is 6.06. The van der Waals surface area contributed by atoms with Crippen LogP contribution in [0.4, 0.5) is 11.4 Å². The predicted octanol–water partition coefficient (Wildman–Crippen LogP) is 11.1. The van der Waals surface area contributed by atoms with Gasteiger partial charge < -0.3 is 9.47 Å². The van der Waals surface area contributed by atoms with E-state index in [2.05, 4.69) is 181 Å². The molecule has 43 heavy (non-hydrogen) atoms. The first-order valence-electron chi connectivity index (χ1n) is 14.6. The van der Waals surface area contributed by atoms with Gasteiger partial charge in [-0.2, -0.15) is 0 Å². The summed E-state index contributed by atoms with van der Waals surface area (Å²) in [7, 11) is 2.15. The van der Waals surface area contributed by atoms with Crippen LogP contribution in [-0.2, 0) is 7.05 Å². The van der Waals surface area contributed by atoms with Crippen molar-refractivity contribution in [3.05, 3.63) is 176 Å². The Morgan fingerprint density at radius 1 is 0.651 bits per heavy atom. The Morgan fingerprint density at radius 2 is 1.37 bits per heavy atom. The first kappa shape index (κ1) is 26.3. The van der Waals surface area contributed by atoms with Crippen LogP contribution < -0.4 is 4.90 Å². The zero-order chi connectivity index (χ0) is 29.2. The quantitative estimate of drug-likeness (QED) is 0.179. The van der Waals surface area contributed by atoms with Gasteiger partial charge in [0.15, 0.2) is 0 Å². The van der Waals surface area contributed by atoms with Gasteiger partial charge in [-0.15, -0.1) is 0 Å². The minimum atomic E-state index is 1.09. The Kier molecular flexibility index (Phi) is 6.94. The van der Waals surface area contributed by atoms with Crippen LogP contribution in [0.3, 0.4) is 0 Å². The number of rotatable bonds is 7. The van der Waals surface area contributed by atoms with Crippen molar-refractivity contribution in [1.29, 1.82) is 0 Å². The maximum Gasteiger partial charge on any atom is 0.0495 e. The highest BCUT2D eigenvalue weighted by Gasteiger charge is 2.13. The van der Waals surface area contributed by atoms with Crippen molar-refractivity contribution in [2.24, 2.45) is 7.05 Å². The van der Waals surface area contributed by atoms with Crippen LogP contribution >= 0.6 is 0 Å². The van der Waals surface area contributed by atoms with E-state index in [-0.39, 0.29) is 0 Å². The van der Waals surface area contributed by atoms with Crippen molar-refractivity contribution in [3.8, 4) is 11.1 Å². The largest absolute Gasteiger partial charge is 0.344 e. The van der Waals surface area contributed by atoms with Crippen molar-refractivity contribution < 1.29 is 0 Å². The monoisotopic (exact) mass is 552 g/mol. The average Bonchev–Trinajstić information content (AvgIpc) is 3.36. The van der Waals surface area contributed by atoms with Crippen molar-refractivity contribution in [3.63, 3.8) is 0 Å². The van der Waals surface area contributed by atoms with Gasteiger partial charge in [0.1, 0.15) is 0 Å². The van der Waals surface area contributed by atoms with Crippen LogP contribution in [0, 0.1) is 0 Å². The molecular formula is C41H32N2. The van der Waals surface area contributed by atoms with Crippen LogP contribution in [0.15, 0.2) is 171 Å². The third-order valence-corrected chi connectivity index (χ3v) is 8.21. The molecule has 6 aromatic carbocycles. The van der Waals surface area contributed by atoms with Gasteiger partial charge in [-0.1, -0.05) is 122 Å². The summed E-state index contributed by atoms with van der Waals surface area (Å²) in [6, 6.07) is 49.7. The lowest BCUT2D eigenvalue weighted by Gasteiger charge is -2.22. The van der Waals surface area contributed by atoms with Gasteiger partial charge in [0.2, 0.25) is 0 Å². The second-order valence-electron chi connectivity index (χ2n) is 10.8. The molecule has 1 heterocycles. The number of benzene rings is 6. The number of hydrogen-bond acceptors (Lipinski definition) is 1. The minimum Gasteiger partial charge on any atom is -0.344 e. The second kappa shape index (κ2) is 11.3. The van der Waals surface area contributed by atoms with E-state index in [9.17, 15) is 0 Å². The van der Waals surface area contributed by atoms with E-state index in [1.807, 2.05) is 6.08 Å². The molecule has 2 nitrogen and oxygen atoms in total. The Morgan fingerprint density at radius 3 is 2.19 bits per heavy atom. The van der Waals surface area contributed by atoms with E-state index in [4.69, 9.17) is 0 Å². The SMILES string of the molecule is C=C/C=C(\C=C/N(c1ccccc1)c1ccc2ccccc2c1)c1ccc(-c2cccc3c2c2ccccc2n3C)cc1. The Hall–Kier alpha value is -5.60. The molecule has 0 bridgehead atoms. The van der Waals surface area contributed by atoms with E-state index in [0.717, 1.165) is 22.5 Å². The molecule has 0 aliphatic carbocycles. The summed E-state index contributed by atoms with van der Waals surface area (Å²) in [5, 5.41) is 5.02. The first-order chi connectivity index (χ1) is 21.2. The van der Waals surface area contributed by atoms with Crippen molar-refractivity contribution >= 4 is 49.5 Å². The average molecular weight is 553 g/mol. The highest BCUT2D eigenvalue weighted by molar-refractivity contribution is 6.14. The topological polar surface area (TPSA) is 8.17 Å². The molecule has 1 aromatic heterocycles. The smallest absolute Gasteiger partial charge is 0.0495 e. The van der Waals surface area contributed by atoms with Crippen molar-refractivity contribution in [1.82, 2.24) is 4.57 Å². The Balaban J connectivity index is 1.26. The molecule has 2 heteroatoms. The molecule has 0 unspecified atom stereocenters. The highest BCUT2D eigenvalue weighted by Crippen LogP contribution is 2.37. The maximum atomic E-state index is 4.01. The zero-order valence-corrected chi connectivity index (χ0v) is 24.2. The molecule has 0 N–H and O–H groups in total. The van der Waals surface area contributed by atoms with E-state index in [1.165, 1.54) is 43.7 Å². The number of hydrogen-bond donors (Lipinski definition) is 0. The lowest BCUT2D eigenvalue weighted by molar-refractivity contribution is 1.01. The summed E-state index contributed by atoms with van der Waals surface area (Å²) in [6.45, 7) is 4.01. The van der Waals surface area contributed by atoms with E-state index in [0.29, 0.717) is 0 Å². The van der Waals surface area contributed by atoms with Crippen LogP contribution in [-0.4, -0.2) is 4.57 Å². The van der Waals surface area contributed by atoms with E-state index >= 15 is 0 Å². The van der Waals surface area contributed by atoms with Gasteiger partial charge in [-0.25, -0.2) is 0 Å². The number of allylic oxidation sites excluding steroid dienone is 4. The highest BCUT2D eigenvalue weighted by atomic mass is 15.1. The fourth-order valence-corrected chi connectivity index (χ4v) is 6.06. The third-order valence-electron chi connectivity index (χ3n) is 8.21. The normalized spacial score (nSPS) is 12.0. The summed E-state index contributed by atoms with van der Waals surface area (Å²) in [5.41, 5.74) is 9.38. The van der Waals surface area contributed by atoms with E-state index < -0.39 is 0 Å². The van der Waals surface area contributed by atoms with Crippen LogP contribution in [0.1, 0.15) is 5.56 Å². The summed E-state index contributed by atoms with van der Waals surface area (Å²) in [5.74, 6) is 0. The number of fused-ring (bicyclic) bond motifs is 4. The molecular weight excluding hydrogens is 520 g/mol. The summed E-state index contributed by atoms with van der Waals surface area (Å²) in [4.78, 5) is 2.24. The molecule has 0 saturated heterocycles. The molecule has 0 spiro atoms. The first-order valence-corrected chi connectivity index (χ1v) is 14.6. The Labute approximate surface area is 252 Å². The standard InChI is InChI=1S/C41H32N2/c1-3-12-30(27-28-43(35-15-5-4-6-16-35)36-26-25-31-13-7-8-14-34(31)29-36)32-21-23-33(24-22-32)37-18-11-20-40-41(37)38-17-9-10-19-39(38)42(40)2/h3-29H,1H2,2H3/b28-27-,30-12+. The summed E-state index contributed by atoms with van der Waals surface area (Å²) >= 11 is 0. The molecule has 0 fully saturated rings. The second-order valence-corrected chi connectivity index (χ2v) is 10.8. The molecule has 0 aliphatic heterocycles. The lowest BCUT2D eigenvalue weighted by Crippen LogP contribution is -2.08. The number of aryl methyl sites for hydroxylation is 1. The molecule has 0 saturated carbocycles. The summed E-state index contributed by atoms with van der Waals surface area (Å²) < 4.78 is 2.28. The van der Waals surface area contributed by atoms with Gasteiger partial charge in [0, 0.05) is 46.4 Å². The minimum absolute atomic E-state index is 1.09. The Bertz CT molecular complexity index is 2140. The number of aromatic nitrogens is 1. The van der Waals surface area contributed by atoms with Crippen LogP contribution in [0.5, 0.6) is 0 Å². The molecule has 7 aromatic rings. The molecule has 7 rings (SSSR count). The van der Waals surface area contributed by atoms with E-state index in [1.54, 1.807) is 0 Å². The molecule has 0 aliphatic rings. The third kappa shape index (κ3) is 4.94. The van der Waals surface area contributed by atoms with Gasteiger partial charge in [-0.3, -0.25) is 0 Å². The van der Waals surface area contributed by atoms with Gasteiger partial charge in [0.05, 0.1) is 0 Å². The predicted molar refractivity (Wildman–Crippen MR) is 186 cm³/mol. The number of nitrogens with zero attached hydrogens (tertiary/aromatic N) is 2. The zero-order valence-electron chi connectivity index (χ0n) is 24.2.